The Balaban J connectivity index is 2.52. The Labute approximate surface area is 67.9 Å². The van der Waals surface area contributed by atoms with Gasteiger partial charge in [-0.05, 0) is 12.8 Å². The van der Waals surface area contributed by atoms with Crippen molar-refractivity contribution in [2.75, 3.05) is 6.54 Å². The maximum atomic E-state index is 11.2. The maximum Gasteiger partial charge on any atom is 0.246 e. The highest BCUT2D eigenvalue weighted by Crippen LogP contribution is 2.12. The van der Waals surface area contributed by atoms with Gasteiger partial charge in [0.25, 0.3) is 0 Å². The molecule has 1 unspecified atom stereocenters. The quantitative estimate of drug-likeness (QED) is 0.587. The molecule has 0 radical (unpaired) electrons. The zero-order chi connectivity index (χ0) is 8.43. The molecular weight excluding hydrogens is 138 g/mol. The molecule has 1 heterocycles. The Bertz CT molecular complexity index is 184. The van der Waals surface area contributed by atoms with Crippen molar-refractivity contribution in [1.29, 1.82) is 0 Å². The largest absolute Gasteiger partial charge is 0.333 e. The van der Waals surface area contributed by atoms with Gasteiger partial charge >= 0.3 is 0 Å². The molecule has 0 N–H and O–H groups in total. The van der Waals surface area contributed by atoms with Gasteiger partial charge in [-0.3, -0.25) is 4.79 Å². The normalized spacial score (nSPS) is 23.8. The van der Waals surface area contributed by atoms with Crippen LogP contribution in [-0.4, -0.2) is 23.4 Å². The smallest absolute Gasteiger partial charge is 0.246 e. The zero-order valence-electron chi connectivity index (χ0n) is 7.37. The predicted octanol–water partition coefficient (Wildman–Crippen LogP) is 1.43. The molecule has 2 nitrogen and oxygen atoms in total. The molecule has 0 aliphatic carbocycles. The highest BCUT2D eigenvalue weighted by molar-refractivity contribution is 5.90. The third-order valence-corrected chi connectivity index (χ3v) is 1.85. The average molecular weight is 153 g/mol. The molecule has 0 spiro atoms. The lowest BCUT2D eigenvalue weighted by atomic mass is 10.2. The highest BCUT2D eigenvalue weighted by Gasteiger charge is 2.21. The number of hydrogen-bond acceptors (Lipinski definition) is 1. The van der Waals surface area contributed by atoms with Crippen molar-refractivity contribution < 1.29 is 4.79 Å². The lowest BCUT2D eigenvalue weighted by molar-refractivity contribution is -0.126. The van der Waals surface area contributed by atoms with E-state index in [1.165, 1.54) is 0 Å². The third kappa shape index (κ3) is 1.82. The van der Waals surface area contributed by atoms with E-state index in [1.54, 1.807) is 6.08 Å². The number of carbonyl (C=O) groups excluding carboxylic acids is 1. The second kappa shape index (κ2) is 3.07. The summed E-state index contributed by atoms with van der Waals surface area (Å²) in [6, 6.07) is 0.296. The van der Waals surface area contributed by atoms with Gasteiger partial charge in [0.15, 0.2) is 0 Å². The molecule has 62 valence electrons. The molecule has 1 amide bonds. The van der Waals surface area contributed by atoms with Crippen molar-refractivity contribution >= 4 is 5.91 Å². The molecule has 1 atom stereocenters. The van der Waals surface area contributed by atoms with Crippen molar-refractivity contribution in [1.82, 2.24) is 4.90 Å². The van der Waals surface area contributed by atoms with Crippen LogP contribution in [0.4, 0.5) is 0 Å². The fraction of sp³-hybridized carbons (Fsp3) is 0.667. The molecule has 1 aliphatic heterocycles. The summed E-state index contributed by atoms with van der Waals surface area (Å²) in [6.07, 6.45) is 3.61. The van der Waals surface area contributed by atoms with Gasteiger partial charge in [-0.1, -0.05) is 19.9 Å². The van der Waals surface area contributed by atoms with E-state index in [0.29, 0.717) is 12.0 Å². The number of carbonyl (C=O) groups is 1. The van der Waals surface area contributed by atoms with Crippen molar-refractivity contribution in [3.05, 3.63) is 12.2 Å². The zero-order valence-corrected chi connectivity index (χ0v) is 7.37. The number of nitrogens with zero attached hydrogens (tertiary/aromatic N) is 1. The van der Waals surface area contributed by atoms with Crippen LogP contribution in [0.5, 0.6) is 0 Å². The summed E-state index contributed by atoms with van der Waals surface area (Å²) >= 11 is 0. The van der Waals surface area contributed by atoms with Crippen LogP contribution in [0.3, 0.4) is 0 Å². The Hall–Kier alpha value is -0.790. The molecule has 0 saturated carbocycles. The Morgan fingerprint density at radius 3 is 2.64 bits per heavy atom. The summed E-state index contributed by atoms with van der Waals surface area (Å²) in [6.45, 7) is 7.16. The molecule has 0 fully saturated rings. The molecule has 0 aromatic carbocycles. The van der Waals surface area contributed by atoms with E-state index in [1.807, 2.05) is 17.9 Å². The van der Waals surface area contributed by atoms with E-state index in [0.717, 1.165) is 6.54 Å². The van der Waals surface area contributed by atoms with Crippen LogP contribution < -0.4 is 0 Å². The Morgan fingerprint density at radius 2 is 2.27 bits per heavy atom. The fourth-order valence-electron chi connectivity index (χ4n) is 1.27. The van der Waals surface area contributed by atoms with Crippen molar-refractivity contribution in [3.8, 4) is 0 Å². The summed E-state index contributed by atoms with van der Waals surface area (Å²) < 4.78 is 0. The van der Waals surface area contributed by atoms with E-state index in [2.05, 4.69) is 13.8 Å². The minimum atomic E-state index is 0.159. The van der Waals surface area contributed by atoms with Gasteiger partial charge in [0.1, 0.15) is 0 Å². The average Bonchev–Trinajstić information content (AvgIpc) is 2.18. The van der Waals surface area contributed by atoms with Crippen LogP contribution in [0.25, 0.3) is 0 Å². The van der Waals surface area contributed by atoms with Crippen LogP contribution in [-0.2, 0) is 4.79 Å². The topological polar surface area (TPSA) is 20.3 Å². The summed E-state index contributed by atoms with van der Waals surface area (Å²) in [4.78, 5) is 13.1. The minimum Gasteiger partial charge on any atom is -0.333 e. The van der Waals surface area contributed by atoms with E-state index in [-0.39, 0.29) is 5.91 Å². The molecule has 0 aromatic heterocycles. The lowest BCUT2D eigenvalue weighted by Crippen LogP contribution is -2.34. The number of rotatable bonds is 2. The molecule has 0 bridgehead atoms. The van der Waals surface area contributed by atoms with Crippen LogP contribution in [0.15, 0.2) is 12.2 Å². The van der Waals surface area contributed by atoms with Crippen LogP contribution >= 0.6 is 0 Å². The van der Waals surface area contributed by atoms with Crippen LogP contribution in [0, 0.1) is 5.92 Å². The Morgan fingerprint density at radius 1 is 1.64 bits per heavy atom. The molecule has 1 rings (SSSR count). The molecule has 0 saturated heterocycles. The van der Waals surface area contributed by atoms with Gasteiger partial charge in [0.2, 0.25) is 5.91 Å². The standard InChI is InChI=1S/C9H15NO/c1-7(2)6-10-8(3)4-5-9(10)11/h4-5,7-8H,6H2,1-3H3. The van der Waals surface area contributed by atoms with Gasteiger partial charge in [0, 0.05) is 18.7 Å². The van der Waals surface area contributed by atoms with Gasteiger partial charge in [-0.25, -0.2) is 0 Å². The summed E-state index contributed by atoms with van der Waals surface area (Å²) in [5, 5.41) is 0. The van der Waals surface area contributed by atoms with Gasteiger partial charge < -0.3 is 4.90 Å². The number of amides is 1. The van der Waals surface area contributed by atoms with Crippen molar-refractivity contribution in [2.45, 2.75) is 26.8 Å². The summed E-state index contributed by atoms with van der Waals surface area (Å²) in [7, 11) is 0. The number of hydrogen-bond donors (Lipinski definition) is 0. The van der Waals surface area contributed by atoms with Crippen LogP contribution in [0.1, 0.15) is 20.8 Å². The SMILES string of the molecule is CC(C)CN1C(=O)C=CC1C. The first-order valence-electron chi connectivity index (χ1n) is 4.10. The maximum absolute atomic E-state index is 11.2. The van der Waals surface area contributed by atoms with E-state index < -0.39 is 0 Å². The van der Waals surface area contributed by atoms with Crippen LogP contribution in [0.2, 0.25) is 0 Å². The Kier molecular flexibility index (Phi) is 2.32. The predicted molar refractivity (Wildman–Crippen MR) is 45.2 cm³/mol. The first-order valence-corrected chi connectivity index (χ1v) is 4.10. The highest BCUT2D eigenvalue weighted by atomic mass is 16.2. The first-order chi connectivity index (χ1) is 5.11. The van der Waals surface area contributed by atoms with Gasteiger partial charge in [0.05, 0.1) is 0 Å². The van der Waals surface area contributed by atoms with Crippen molar-refractivity contribution in [3.63, 3.8) is 0 Å². The van der Waals surface area contributed by atoms with E-state index >= 15 is 0 Å². The second-order valence-electron chi connectivity index (χ2n) is 3.48. The molecule has 11 heavy (non-hydrogen) atoms. The monoisotopic (exact) mass is 153 g/mol. The third-order valence-electron chi connectivity index (χ3n) is 1.85. The first kappa shape index (κ1) is 8.31. The van der Waals surface area contributed by atoms with Gasteiger partial charge in [-0.15, -0.1) is 0 Å². The molecule has 1 aliphatic rings. The second-order valence-corrected chi connectivity index (χ2v) is 3.48. The van der Waals surface area contributed by atoms with E-state index in [4.69, 9.17) is 0 Å². The molecule has 0 aromatic rings. The summed E-state index contributed by atoms with van der Waals surface area (Å²) in [5.41, 5.74) is 0. The minimum absolute atomic E-state index is 0.159. The lowest BCUT2D eigenvalue weighted by Gasteiger charge is -2.23. The summed E-state index contributed by atoms with van der Waals surface area (Å²) in [5.74, 6) is 0.715. The van der Waals surface area contributed by atoms with Gasteiger partial charge in [-0.2, -0.15) is 0 Å². The van der Waals surface area contributed by atoms with E-state index in [9.17, 15) is 4.79 Å². The molecular formula is C9H15NO. The molecule has 2 heteroatoms. The van der Waals surface area contributed by atoms with Crippen molar-refractivity contribution in [2.24, 2.45) is 5.92 Å². The fourth-order valence-corrected chi connectivity index (χ4v) is 1.27.